The number of aromatic nitrogens is 3. The van der Waals surface area contributed by atoms with Crippen LogP contribution in [0, 0.1) is 0 Å². The van der Waals surface area contributed by atoms with Gasteiger partial charge in [0.15, 0.2) is 0 Å². The van der Waals surface area contributed by atoms with Crippen LogP contribution in [0.3, 0.4) is 0 Å². The van der Waals surface area contributed by atoms with Crippen molar-refractivity contribution in [3.63, 3.8) is 0 Å². The van der Waals surface area contributed by atoms with Crippen molar-refractivity contribution >= 4 is 11.8 Å². The van der Waals surface area contributed by atoms with Crippen molar-refractivity contribution < 1.29 is 14.3 Å². The van der Waals surface area contributed by atoms with E-state index < -0.39 is 5.92 Å². The molecule has 8 heteroatoms. The normalized spacial score (nSPS) is 15.4. The highest BCUT2D eigenvalue weighted by Gasteiger charge is 2.35. The molecule has 1 N–H and O–H groups in total. The lowest BCUT2D eigenvalue weighted by molar-refractivity contribution is -0.123. The Labute approximate surface area is 174 Å². The molecule has 0 radical (unpaired) electrons. The van der Waals surface area contributed by atoms with E-state index in [1.165, 1.54) is 0 Å². The van der Waals surface area contributed by atoms with Crippen LogP contribution in [0.2, 0.25) is 0 Å². The van der Waals surface area contributed by atoms with Crippen molar-refractivity contribution in [3.8, 4) is 5.75 Å². The molecule has 0 fully saturated rings. The molecule has 0 aliphatic carbocycles. The monoisotopic (exact) mass is 405 g/mol. The van der Waals surface area contributed by atoms with Gasteiger partial charge in [-0.05, 0) is 29.8 Å². The van der Waals surface area contributed by atoms with Gasteiger partial charge < -0.3 is 15.0 Å². The number of methoxy groups -OCH3 is 1. The van der Waals surface area contributed by atoms with Gasteiger partial charge in [0.2, 0.25) is 5.91 Å². The highest BCUT2D eigenvalue weighted by atomic mass is 16.5. The number of amides is 2. The van der Waals surface area contributed by atoms with Crippen molar-refractivity contribution in [3.05, 3.63) is 77.4 Å². The fourth-order valence-electron chi connectivity index (χ4n) is 3.64. The van der Waals surface area contributed by atoms with Crippen LogP contribution in [0.4, 0.5) is 0 Å². The molecule has 3 aromatic rings. The molecule has 0 saturated carbocycles. The lowest BCUT2D eigenvalue weighted by Crippen LogP contribution is -2.43. The van der Waals surface area contributed by atoms with Gasteiger partial charge in [0, 0.05) is 56.4 Å². The summed E-state index contributed by atoms with van der Waals surface area (Å²) < 4.78 is 6.85. The highest BCUT2D eigenvalue weighted by molar-refractivity contribution is 5.95. The second kappa shape index (κ2) is 8.36. The van der Waals surface area contributed by atoms with Crippen molar-refractivity contribution in [2.24, 2.45) is 7.05 Å². The molecule has 2 aromatic heterocycles. The summed E-state index contributed by atoms with van der Waals surface area (Å²) in [5.74, 6) is -0.0439. The lowest BCUT2D eigenvalue weighted by atomic mass is 9.95. The fraction of sp³-hybridized carbons (Fsp3) is 0.273. The van der Waals surface area contributed by atoms with E-state index in [9.17, 15) is 9.59 Å². The summed E-state index contributed by atoms with van der Waals surface area (Å²) in [5, 5.41) is 7.47. The Kier molecular flexibility index (Phi) is 5.47. The maximum absolute atomic E-state index is 13.0. The van der Waals surface area contributed by atoms with Crippen LogP contribution in [0.15, 0.2) is 55.0 Å². The number of hydrogen-bond acceptors (Lipinski definition) is 5. The molecular weight excluding hydrogens is 382 g/mol. The Morgan fingerprint density at radius 1 is 1.17 bits per heavy atom. The molecule has 2 amide bonds. The first-order valence-electron chi connectivity index (χ1n) is 9.67. The van der Waals surface area contributed by atoms with E-state index in [0.29, 0.717) is 18.7 Å². The standard InChI is InChI=1S/C22H23N5O3/c1-26-12-17-13-27(22(29)16-7-9-23-10-8-16)14-19(20(17)25-26)21(28)24-11-15-3-5-18(30-2)6-4-15/h3-10,12,19H,11,13-14H2,1-2H3,(H,24,28). The number of nitrogens with one attached hydrogen (secondary N) is 1. The Hall–Kier alpha value is -3.68. The summed E-state index contributed by atoms with van der Waals surface area (Å²) >= 11 is 0. The Bertz CT molecular complexity index is 1050. The fourth-order valence-corrected chi connectivity index (χ4v) is 3.64. The third kappa shape index (κ3) is 4.03. The van der Waals surface area contributed by atoms with Crippen LogP contribution in [-0.4, -0.2) is 45.1 Å². The topological polar surface area (TPSA) is 89.4 Å². The minimum Gasteiger partial charge on any atom is -0.497 e. The van der Waals surface area contributed by atoms with Crippen molar-refractivity contribution in [2.45, 2.75) is 19.0 Å². The maximum Gasteiger partial charge on any atom is 0.254 e. The number of pyridine rings is 1. The Morgan fingerprint density at radius 3 is 2.60 bits per heavy atom. The van der Waals surface area contributed by atoms with Crippen LogP contribution in [0.1, 0.15) is 33.1 Å². The molecule has 0 saturated heterocycles. The van der Waals surface area contributed by atoms with Gasteiger partial charge in [0.05, 0.1) is 18.7 Å². The second-order valence-electron chi connectivity index (χ2n) is 7.25. The predicted molar refractivity (Wildman–Crippen MR) is 110 cm³/mol. The van der Waals surface area contributed by atoms with E-state index in [-0.39, 0.29) is 18.4 Å². The summed E-state index contributed by atoms with van der Waals surface area (Å²) in [6.45, 7) is 1.09. The summed E-state index contributed by atoms with van der Waals surface area (Å²) in [5.41, 5.74) is 3.12. The molecular formula is C22H23N5O3. The smallest absolute Gasteiger partial charge is 0.254 e. The quantitative estimate of drug-likeness (QED) is 0.700. The van der Waals surface area contributed by atoms with E-state index in [0.717, 1.165) is 22.6 Å². The van der Waals surface area contributed by atoms with Crippen LogP contribution in [-0.2, 0) is 24.9 Å². The summed E-state index contributed by atoms with van der Waals surface area (Å²) in [7, 11) is 3.43. The molecule has 0 spiro atoms. The zero-order valence-electron chi connectivity index (χ0n) is 16.9. The molecule has 0 bridgehead atoms. The molecule has 1 atom stereocenters. The first-order valence-corrected chi connectivity index (χ1v) is 9.67. The predicted octanol–water partition coefficient (Wildman–Crippen LogP) is 1.88. The van der Waals surface area contributed by atoms with Gasteiger partial charge in [0.25, 0.3) is 5.91 Å². The molecule has 4 rings (SSSR count). The van der Waals surface area contributed by atoms with Gasteiger partial charge in [0.1, 0.15) is 5.75 Å². The number of hydrogen-bond donors (Lipinski definition) is 1. The lowest BCUT2D eigenvalue weighted by Gasteiger charge is -2.31. The van der Waals surface area contributed by atoms with Crippen LogP contribution in [0.25, 0.3) is 0 Å². The highest BCUT2D eigenvalue weighted by Crippen LogP contribution is 2.28. The van der Waals surface area contributed by atoms with Gasteiger partial charge in [-0.3, -0.25) is 19.3 Å². The minimum atomic E-state index is -0.529. The number of rotatable bonds is 5. The molecule has 1 unspecified atom stereocenters. The molecule has 154 valence electrons. The largest absolute Gasteiger partial charge is 0.497 e. The van der Waals surface area contributed by atoms with Crippen molar-refractivity contribution in [2.75, 3.05) is 13.7 Å². The van der Waals surface area contributed by atoms with E-state index >= 15 is 0 Å². The summed E-state index contributed by atoms with van der Waals surface area (Å²) in [6, 6.07) is 10.9. The van der Waals surface area contributed by atoms with Crippen LogP contribution < -0.4 is 10.1 Å². The third-order valence-electron chi connectivity index (χ3n) is 5.19. The van der Waals surface area contributed by atoms with E-state index in [1.54, 1.807) is 41.2 Å². The molecule has 3 heterocycles. The maximum atomic E-state index is 13.0. The zero-order valence-corrected chi connectivity index (χ0v) is 16.9. The number of benzene rings is 1. The summed E-state index contributed by atoms with van der Waals surface area (Å²) in [4.78, 5) is 31.6. The first-order chi connectivity index (χ1) is 14.5. The number of ether oxygens (including phenoxy) is 1. The SMILES string of the molecule is COc1ccc(CNC(=O)C2CN(C(=O)c3ccncc3)Cc3cn(C)nc32)cc1. The third-order valence-corrected chi connectivity index (χ3v) is 5.19. The number of nitrogens with zero attached hydrogens (tertiary/aromatic N) is 4. The first kappa shape index (κ1) is 19.6. The van der Waals surface area contributed by atoms with Crippen molar-refractivity contribution in [1.29, 1.82) is 0 Å². The number of aryl methyl sites for hydroxylation is 1. The van der Waals surface area contributed by atoms with E-state index in [2.05, 4.69) is 15.4 Å². The minimum absolute atomic E-state index is 0.125. The Morgan fingerprint density at radius 2 is 1.90 bits per heavy atom. The molecule has 1 aromatic carbocycles. The van der Waals surface area contributed by atoms with Gasteiger partial charge in [-0.25, -0.2) is 0 Å². The number of carbonyl (C=O) groups excluding carboxylic acids is 2. The second-order valence-corrected chi connectivity index (χ2v) is 7.25. The van der Waals surface area contributed by atoms with Gasteiger partial charge in [-0.1, -0.05) is 12.1 Å². The molecule has 30 heavy (non-hydrogen) atoms. The van der Waals surface area contributed by atoms with Gasteiger partial charge in [-0.15, -0.1) is 0 Å². The van der Waals surface area contributed by atoms with E-state index in [1.807, 2.05) is 37.5 Å². The molecule has 1 aliphatic rings. The van der Waals surface area contributed by atoms with Gasteiger partial charge >= 0.3 is 0 Å². The van der Waals surface area contributed by atoms with Gasteiger partial charge in [-0.2, -0.15) is 5.10 Å². The Balaban J connectivity index is 1.51. The molecule has 8 nitrogen and oxygen atoms in total. The van der Waals surface area contributed by atoms with Crippen molar-refractivity contribution in [1.82, 2.24) is 25.0 Å². The van der Waals surface area contributed by atoms with E-state index in [4.69, 9.17) is 4.74 Å². The number of fused-ring (bicyclic) bond motifs is 1. The van der Waals surface area contributed by atoms with Crippen LogP contribution >= 0.6 is 0 Å². The van der Waals surface area contributed by atoms with Crippen LogP contribution in [0.5, 0.6) is 5.75 Å². The molecule has 1 aliphatic heterocycles. The average molecular weight is 405 g/mol. The summed E-state index contributed by atoms with van der Waals surface area (Å²) in [6.07, 6.45) is 5.04. The number of carbonyl (C=O) groups is 2. The average Bonchev–Trinajstić information content (AvgIpc) is 3.17. The zero-order chi connectivity index (χ0) is 21.1.